The highest BCUT2D eigenvalue weighted by atomic mass is 19.4. The summed E-state index contributed by atoms with van der Waals surface area (Å²) in [4.78, 5) is 21.9. The quantitative estimate of drug-likeness (QED) is 0.371. The molecule has 0 fully saturated rings. The molecule has 182 valence electrons. The fraction of sp³-hybridized carbons (Fsp3) is 0.167. The average Bonchev–Trinajstić information content (AvgIpc) is 3.15. The summed E-state index contributed by atoms with van der Waals surface area (Å²) in [5, 5.41) is 4.81. The summed E-state index contributed by atoms with van der Waals surface area (Å²) in [7, 11) is 0. The van der Waals surface area contributed by atoms with E-state index in [1.54, 1.807) is 18.2 Å². The maximum Gasteiger partial charge on any atom is 0.573 e. The molecule has 0 unspecified atom stereocenters. The Balaban J connectivity index is 1.38. The Hall–Kier alpha value is -4.61. The summed E-state index contributed by atoms with van der Waals surface area (Å²) in [6.07, 6.45) is -1.10. The smallest absolute Gasteiger partial charge is 0.490 e. The first-order valence-corrected chi connectivity index (χ1v) is 10.9. The Kier molecular flexibility index (Phi) is 5.02. The Labute approximate surface area is 200 Å². The second-order valence-corrected chi connectivity index (χ2v) is 7.95. The summed E-state index contributed by atoms with van der Waals surface area (Å²) < 4.78 is 55.3. The van der Waals surface area contributed by atoms with Crippen LogP contribution in [0.3, 0.4) is 0 Å². The summed E-state index contributed by atoms with van der Waals surface area (Å²) in [5.41, 5.74) is 1.13. The molecule has 1 aliphatic heterocycles. The molecule has 0 saturated carbocycles. The van der Waals surface area contributed by atoms with E-state index in [1.165, 1.54) is 33.6 Å². The third kappa shape index (κ3) is 3.96. The number of aromatic nitrogens is 5. The molecular weight excluding hydrogens is 479 g/mol. The molecule has 0 spiro atoms. The lowest BCUT2D eigenvalue weighted by atomic mass is 10.2. The van der Waals surface area contributed by atoms with Gasteiger partial charge < -0.3 is 14.2 Å². The minimum atomic E-state index is -4.80. The zero-order valence-corrected chi connectivity index (χ0v) is 18.4. The molecule has 0 bridgehead atoms. The summed E-state index contributed by atoms with van der Waals surface area (Å²) in [6.45, 7) is 1.13. The van der Waals surface area contributed by atoms with E-state index in [0.717, 1.165) is 18.6 Å². The third-order valence-corrected chi connectivity index (χ3v) is 5.59. The van der Waals surface area contributed by atoms with E-state index >= 15 is 0 Å². The number of pyridine rings is 1. The number of alkyl halides is 3. The molecule has 0 amide bonds. The molecule has 6 rings (SSSR count). The van der Waals surface area contributed by atoms with Gasteiger partial charge in [-0.3, -0.25) is 9.36 Å². The molecule has 5 aromatic rings. The van der Waals surface area contributed by atoms with E-state index in [4.69, 9.17) is 9.47 Å². The van der Waals surface area contributed by atoms with Crippen LogP contribution in [0.5, 0.6) is 17.2 Å². The molecular formula is C24H16F3N5O4. The standard InChI is InChI=1S/C24H16F3N5O4/c25-24(26,27)36-16-5-3-15(4-6-16)31-9-8-18-17(22(31)33)13-28-23-29-21(30-32(18)23)14-2-7-19-20(12-14)35-11-1-10-34-19/h2-9,12-13H,1,10-11H2. The number of nitrogens with zero attached hydrogens (tertiary/aromatic N) is 5. The predicted molar refractivity (Wildman–Crippen MR) is 122 cm³/mol. The molecule has 36 heavy (non-hydrogen) atoms. The van der Waals surface area contributed by atoms with Crippen LogP contribution in [0.4, 0.5) is 13.2 Å². The fourth-order valence-corrected chi connectivity index (χ4v) is 3.96. The van der Waals surface area contributed by atoms with Crippen LogP contribution in [0.2, 0.25) is 0 Å². The van der Waals surface area contributed by atoms with Crippen molar-refractivity contribution in [3.8, 4) is 34.3 Å². The maximum absolute atomic E-state index is 13.2. The Morgan fingerprint density at radius 3 is 2.53 bits per heavy atom. The lowest BCUT2D eigenvalue weighted by Crippen LogP contribution is -2.19. The highest BCUT2D eigenvalue weighted by molar-refractivity contribution is 5.79. The number of hydrogen-bond donors (Lipinski definition) is 0. The molecule has 4 heterocycles. The van der Waals surface area contributed by atoms with Gasteiger partial charge in [0, 0.05) is 30.1 Å². The summed E-state index contributed by atoms with van der Waals surface area (Å²) >= 11 is 0. The second-order valence-electron chi connectivity index (χ2n) is 7.95. The van der Waals surface area contributed by atoms with E-state index in [2.05, 4.69) is 19.8 Å². The highest BCUT2D eigenvalue weighted by Gasteiger charge is 2.31. The van der Waals surface area contributed by atoms with Gasteiger partial charge in [-0.15, -0.1) is 18.3 Å². The minimum Gasteiger partial charge on any atom is -0.490 e. The lowest BCUT2D eigenvalue weighted by Gasteiger charge is -2.11. The van der Waals surface area contributed by atoms with Gasteiger partial charge in [0.25, 0.3) is 11.3 Å². The zero-order valence-electron chi connectivity index (χ0n) is 18.4. The molecule has 0 aliphatic carbocycles. The monoisotopic (exact) mass is 495 g/mol. The van der Waals surface area contributed by atoms with Crippen molar-refractivity contribution in [3.05, 3.63) is 71.3 Å². The number of benzene rings is 2. The highest BCUT2D eigenvalue weighted by Crippen LogP contribution is 2.33. The van der Waals surface area contributed by atoms with Gasteiger partial charge in [0.05, 0.1) is 24.1 Å². The topological polar surface area (TPSA) is 92.8 Å². The number of hydrogen-bond acceptors (Lipinski definition) is 7. The largest absolute Gasteiger partial charge is 0.573 e. The van der Waals surface area contributed by atoms with Gasteiger partial charge in [0.15, 0.2) is 17.3 Å². The van der Waals surface area contributed by atoms with Crippen LogP contribution >= 0.6 is 0 Å². The second kappa shape index (κ2) is 8.26. The lowest BCUT2D eigenvalue weighted by molar-refractivity contribution is -0.274. The van der Waals surface area contributed by atoms with E-state index < -0.39 is 11.9 Å². The van der Waals surface area contributed by atoms with Gasteiger partial charge in [-0.25, -0.2) is 4.98 Å². The predicted octanol–water partition coefficient (Wildman–Crippen LogP) is 4.16. The Morgan fingerprint density at radius 1 is 0.972 bits per heavy atom. The van der Waals surface area contributed by atoms with Crippen molar-refractivity contribution >= 4 is 16.7 Å². The normalized spacial score (nSPS) is 13.6. The van der Waals surface area contributed by atoms with Gasteiger partial charge >= 0.3 is 6.36 Å². The first-order valence-electron chi connectivity index (χ1n) is 10.9. The van der Waals surface area contributed by atoms with Crippen molar-refractivity contribution < 1.29 is 27.4 Å². The van der Waals surface area contributed by atoms with E-state index in [9.17, 15) is 18.0 Å². The van der Waals surface area contributed by atoms with Crippen molar-refractivity contribution in [2.45, 2.75) is 12.8 Å². The fourth-order valence-electron chi connectivity index (χ4n) is 3.96. The maximum atomic E-state index is 13.2. The number of rotatable bonds is 3. The third-order valence-electron chi connectivity index (χ3n) is 5.59. The molecule has 1 aliphatic rings. The van der Waals surface area contributed by atoms with Crippen LogP contribution in [0.1, 0.15) is 6.42 Å². The van der Waals surface area contributed by atoms with Crippen molar-refractivity contribution in [2.24, 2.45) is 0 Å². The van der Waals surface area contributed by atoms with Crippen LogP contribution in [0.25, 0.3) is 33.8 Å². The van der Waals surface area contributed by atoms with Gasteiger partial charge in [0.2, 0.25) is 0 Å². The van der Waals surface area contributed by atoms with E-state index in [-0.39, 0.29) is 11.1 Å². The first-order chi connectivity index (χ1) is 17.4. The van der Waals surface area contributed by atoms with Gasteiger partial charge in [-0.1, -0.05) is 0 Å². The van der Waals surface area contributed by atoms with Crippen molar-refractivity contribution in [1.82, 2.24) is 24.1 Å². The van der Waals surface area contributed by atoms with Crippen LogP contribution in [0, 0.1) is 0 Å². The number of fused-ring (bicyclic) bond motifs is 4. The summed E-state index contributed by atoms with van der Waals surface area (Å²) in [6, 6.07) is 12.1. The Morgan fingerprint density at radius 2 is 1.75 bits per heavy atom. The van der Waals surface area contributed by atoms with E-state index in [0.29, 0.717) is 53.1 Å². The van der Waals surface area contributed by atoms with E-state index in [1.807, 2.05) is 6.07 Å². The van der Waals surface area contributed by atoms with Gasteiger partial charge in [0.1, 0.15) is 5.75 Å². The van der Waals surface area contributed by atoms with Gasteiger partial charge in [-0.2, -0.15) is 9.50 Å². The molecule has 12 heteroatoms. The molecule has 0 radical (unpaired) electrons. The Bertz CT molecular complexity index is 1660. The molecule has 9 nitrogen and oxygen atoms in total. The van der Waals surface area contributed by atoms with Crippen LogP contribution in [0.15, 0.2) is 65.7 Å². The molecule has 3 aromatic heterocycles. The SMILES string of the molecule is O=c1c2cnc3nc(-c4ccc5c(c4)OCCCO5)nn3c2ccn1-c1ccc(OC(F)(F)F)cc1. The molecule has 0 atom stereocenters. The molecule has 2 aromatic carbocycles. The molecule has 0 saturated heterocycles. The van der Waals surface area contributed by atoms with Crippen molar-refractivity contribution in [2.75, 3.05) is 13.2 Å². The van der Waals surface area contributed by atoms with Gasteiger partial charge in [-0.05, 0) is 48.5 Å². The first kappa shape index (κ1) is 21.9. The van der Waals surface area contributed by atoms with Crippen LogP contribution < -0.4 is 19.8 Å². The zero-order chi connectivity index (χ0) is 24.9. The minimum absolute atomic E-state index is 0.260. The summed E-state index contributed by atoms with van der Waals surface area (Å²) in [5.74, 6) is 1.58. The van der Waals surface area contributed by atoms with Crippen LogP contribution in [-0.2, 0) is 0 Å². The average molecular weight is 495 g/mol. The van der Waals surface area contributed by atoms with Crippen molar-refractivity contribution in [1.29, 1.82) is 0 Å². The number of halogens is 3. The number of ether oxygens (including phenoxy) is 3. The van der Waals surface area contributed by atoms with Crippen molar-refractivity contribution in [3.63, 3.8) is 0 Å². The van der Waals surface area contributed by atoms with Crippen LogP contribution in [-0.4, -0.2) is 43.7 Å². The molecule has 0 N–H and O–H groups in total.